The molecule has 2 aromatic heterocycles. The van der Waals surface area contributed by atoms with Gasteiger partial charge in [-0.1, -0.05) is 37.3 Å². The predicted molar refractivity (Wildman–Crippen MR) is 116 cm³/mol. The molecule has 0 bridgehead atoms. The zero-order valence-electron chi connectivity index (χ0n) is 17.3. The fourth-order valence-electron chi connectivity index (χ4n) is 2.96. The molecule has 0 saturated heterocycles. The van der Waals surface area contributed by atoms with E-state index in [4.69, 9.17) is 0 Å². The average Bonchev–Trinajstić information content (AvgIpc) is 2.77. The molecule has 0 aliphatic rings. The van der Waals surface area contributed by atoms with Crippen molar-refractivity contribution in [3.05, 3.63) is 68.6 Å². The summed E-state index contributed by atoms with van der Waals surface area (Å²) in [6, 6.07) is 9.20. The van der Waals surface area contributed by atoms with Crippen molar-refractivity contribution in [1.29, 1.82) is 0 Å². The molecule has 3 aromatic rings. The molecule has 0 saturated carbocycles. The summed E-state index contributed by atoms with van der Waals surface area (Å²) in [4.78, 5) is 46.2. The smallest absolute Gasteiger partial charge is 0.288 e. The van der Waals surface area contributed by atoms with E-state index in [-0.39, 0.29) is 28.9 Å². The molecule has 0 fully saturated rings. The third-order valence-corrected chi connectivity index (χ3v) is 4.60. The Hall–Kier alpha value is -4.15. The van der Waals surface area contributed by atoms with Crippen LogP contribution in [0.15, 0.2) is 46.2 Å². The molecule has 0 spiro atoms. The maximum Gasteiger partial charge on any atom is 0.288 e. The molecule has 2 heterocycles. The Morgan fingerprint density at radius 3 is 2.35 bits per heavy atom. The number of H-pyrrole nitrogens is 2. The van der Waals surface area contributed by atoms with Gasteiger partial charge in [-0.25, -0.2) is 9.97 Å². The number of hydrogen-bond donors (Lipinski definition) is 5. The molecule has 1 amide bonds. The minimum atomic E-state index is -0.650. The zero-order valence-corrected chi connectivity index (χ0v) is 17.3. The molecule has 11 nitrogen and oxygen atoms in total. The summed E-state index contributed by atoms with van der Waals surface area (Å²) in [5, 5.41) is 20.8. The highest BCUT2D eigenvalue weighted by atomic mass is 16.3. The normalized spacial score (nSPS) is 11.6. The van der Waals surface area contributed by atoms with Crippen molar-refractivity contribution < 1.29 is 9.90 Å². The van der Waals surface area contributed by atoms with Crippen LogP contribution in [0, 0.1) is 0 Å². The van der Waals surface area contributed by atoms with Crippen molar-refractivity contribution in [1.82, 2.24) is 25.1 Å². The summed E-state index contributed by atoms with van der Waals surface area (Å²) in [7, 11) is 3.02. The number of anilines is 3. The van der Waals surface area contributed by atoms with E-state index in [1.807, 2.05) is 37.3 Å². The average molecular weight is 425 g/mol. The Morgan fingerprint density at radius 1 is 1.10 bits per heavy atom. The van der Waals surface area contributed by atoms with Gasteiger partial charge in [0.1, 0.15) is 17.7 Å². The van der Waals surface area contributed by atoms with Crippen LogP contribution >= 0.6 is 0 Å². The van der Waals surface area contributed by atoms with Crippen LogP contribution in [-0.2, 0) is 0 Å². The lowest BCUT2D eigenvalue weighted by Gasteiger charge is -2.20. The van der Waals surface area contributed by atoms with Gasteiger partial charge < -0.3 is 20.6 Å². The van der Waals surface area contributed by atoms with Crippen LogP contribution in [0.1, 0.15) is 35.4 Å². The quantitative estimate of drug-likeness (QED) is 0.382. The Labute approximate surface area is 177 Å². The molecule has 5 N–H and O–H groups in total. The molecule has 0 aliphatic carbocycles. The number of aromatic hydroxyl groups is 1. The summed E-state index contributed by atoms with van der Waals surface area (Å²) in [5.74, 6) is -1.27. The fourth-order valence-corrected chi connectivity index (χ4v) is 2.96. The van der Waals surface area contributed by atoms with Crippen molar-refractivity contribution in [3.8, 4) is 5.75 Å². The lowest BCUT2D eigenvalue weighted by Crippen LogP contribution is -2.27. The molecule has 162 valence electrons. The van der Waals surface area contributed by atoms with Gasteiger partial charge in [0.15, 0.2) is 17.3 Å². The van der Waals surface area contributed by atoms with E-state index in [0.717, 1.165) is 11.9 Å². The lowest BCUT2D eigenvalue weighted by molar-refractivity contribution is 0.0818. The fraction of sp³-hybridized carbons (Fsp3) is 0.250. The van der Waals surface area contributed by atoms with E-state index in [2.05, 4.69) is 30.8 Å². The number of hydrogen-bond acceptors (Lipinski definition) is 8. The molecule has 11 heteroatoms. The summed E-state index contributed by atoms with van der Waals surface area (Å²) in [6.45, 7) is 1.94. The van der Waals surface area contributed by atoms with Gasteiger partial charge in [-0.3, -0.25) is 24.6 Å². The van der Waals surface area contributed by atoms with Crippen LogP contribution in [0.4, 0.5) is 17.2 Å². The van der Waals surface area contributed by atoms with Crippen molar-refractivity contribution in [2.75, 3.05) is 24.7 Å². The van der Waals surface area contributed by atoms with Gasteiger partial charge >= 0.3 is 0 Å². The Bertz CT molecular complexity index is 1190. The molecule has 1 atom stereocenters. The number of rotatable bonds is 7. The molecule has 31 heavy (non-hydrogen) atoms. The van der Waals surface area contributed by atoms with E-state index < -0.39 is 22.8 Å². The topological polar surface area (TPSA) is 156 Å². The van der Waals surface area contributed by atoms with Gasteiger partial charge in [0.25, 0.3) is 17.0 Å². The second kappa shape index (κ2) is 9.11. The van der Waals surface area contributed by atoms with Crippen molar-refractivity contribution in [3.63, 3.8) is 0 Å². The molecule has 3 rings (SSSR count). The first-order chi connectivity index (χ1) is 14.8. The molecule has 1 unspecified atom stereocenters. The number of amides is 1. The molecule has 0 aliphatic heterocycles. The predicted octanol–water partition coefficient (Wildman–Crippen LogP) is 1.57. The van der Waals surface area contributed by atoms with E-state index in [9.17, 15) is 19.5 Å². The Balaban J connectivity index is 2.03. The highest BCUT2D eigenvalue weighted by molar-refractivity contribution is 5.96. The highest BCUT2D eigenvalue weighted by Crippen LogP contribution is 2.29. The largest absolute Gasteiger partial charge is 0.503 e. The summed E-state index contributed by atoms with van der Waals surface area (Å²) < 4.78 is 0. The monoisotopic (exact) mass is 425 g/mol. The van der Waals surface area contributed by atoms with Gasteiger partial charge in [-0.2, -0.15) is 0 Å². The maximum atomic E-state index is 12.5. The lowest BCUT2D eigenvalue weighted by atomic mass is 10.0. The first kappa shape index (κ1) is 21.6. The maximum absolute atomic E-state index is 12.5. The molecular weight excluding hydrogens is 402 g/mol. The zero-order chi connectivity index (χ0) is 22.5. The van der Waals surface area contributed by atoms with Gasteiger partial charge in [-0.05, 0) is 12.0 Å². The molecule has 1 aromatic carbocycles. The minimum Gasteiger partial charge on any atom is -0.503 e. The number of nitrogens with one attached hydrogen (secondary N) is 4. The van der Waals surface area contributed by atoms with Crippen molar-refractivity contribution in [2.45, 2.75) is 19.4 Å². The number of aromatic nitrogens is 4. The van der Waals surface area contributed by atoms with Crippen LogP contribution in [0.3, 0.4) is 0 Å². The molecular formula is C20H23N7O4. The van der Waals surface area contributed by atoms with Crippen molar-refractivity contribution >= 4 is 23.1 Å². The van der Waals surface area contributed by atoms with Gasteiger partial charge in [-0.15, -0.1) is 0 Å². The summed E-state index contributed by atoms with van der Waals surface area (Å²) in [5.41, 5.74) is -0.722. The molecule has 0 radical (unpaired) electrons. The number of nitrogens with zero attached hydrogens (tertiary/aromatic N) is 3. The SMILES string of the molecule is CCC(Nc1c(Nc2ncnc(C(=O)N(C)C)c2O)c(=O)[nH][nH]c1=O)c1ccccc1. The number of benzene rings is 1. The van der Waals surface area contributed by atoms with Crippen LogP contribution in [0.5, 0.6) is 5.75 Å². The minimum absolute atomic E-state index is 0.0297. The summed E-state index contributed by atoms with van der Waals surface area (Å²) in [6.07, 6.45) is 1.71. The van der Waals surface area contributed by atoms with E-state index >= 15 is 0 Å². The van der Waals surface area contributed by atoms with E-state index in [1.165, 1.54) is 19.0 Å². The van der Waals surface area contributed by atoms with Crippen LogP contribution in [0.25, 0.3) is 0 Å². The Morgan fingerprint density at radius 2 is 1.74 bits per heavy atom. The van der Waals surface area contributed by atoms with Gasteiger partial charge in [0, 0.05) is 14.1 Å². The van der Waals surface area contributed by atoms with Gasteiger partial charge in [0.05, 0.1) is 6.04 Å². The van der Waals surface area contributed by atoms with Gasteiger partial charge in [0.2, 0.25) is 0 Å². The second-order valence-corrected chi connectivity index (χ2v) is 6.92. The third kappa shape index (κ3) is 4.55. The van der Waals surface area contributed by atoms with E-state index in [1.54, 1.807) is 0 Å². The number of aromatic amines is 2. The van der Waals surface area contributed by atoms with Crippen molar-refractivity contribution in [2.24, 2.45) is 0 Å². The third-order valence-electron chi connectivity index (χ3n) is 4.60. The number of carbonyl (C=O) groups is 1. The second-order valence-electron chi connectivity index (χ2n) is 6.92. The highest BCUT2D eigenvalue weighted by Gasteiger charge is 2.22. The first-order valence-electron chi connectivity index (χ1n) is 9.52. The van der Waals surface area contributed by atoms with Crippen LogP contribution in [0.2, 0.25) is 0 Å². The van der Waals surface area contributed by atoms with E-state index in [0.29, 0.717) is 6.42 Å². The standard InChI is InChI=1S/C20H23N7O4/c1-4-12(11-8-6-5-7-9-11)23-13-14(19(30)26-25-18(13)29)24-17-16(28)15(21-10-22-17)20(31)27(2)3/h5-10,12,28H,4H2,1-3H3,(H2,23,26,30)(H2,21,22,24,25,29). The van der Waals surface area contributed by atoms with Crippen LogP contribution in [-0.4, -0.2) is 50.2 Å². The summed E-state index contributed by atoms with van der Waals surface area (Å²) >= 11 is 0. The first-order valence-corrected chi connectivity index (χ1v) is 9.52. The Kier molecular flexibility index (Phi) is 6.34. The number of carbonyl (C=O) groups excluding carboxylic acids is 1. The van der Waals surface area contributed by atoms with Crippen LogP contribution < -0.4 is 21.8 Å².